The summed E-state index contributed by atoms with van der Waals surface area (Å²) in [5.74, 6) is -1.26. The Hall–Kier alpha value is -1.10. The molecule has 0 heterocycles. The summed E-state index contributed by atoms with van der Waals surface area (Å²) in [5.41, 5.74) is 0.413. The third-order valence-electron chi connectivity index (χ3n) is 2.92. The molecular weight excluding hydrogens is 256 g/mol. The number of anilines is 1. The third kappa shape index (κ3) is 3.70. The number of benzene rings is 1. The van der Waals surface area contributed by atoms with Crippen LogP contribution in [0.4, 0.5) is 14.5 Å². The fourth-order valence-electron chi connectivity index (χ4n) is 2.01. The molecule has 2 nitrogen and oxygen atoms in total. The molecule has 1 aliphatic carbocycles. The number of carbonyl (C=O) groups is 1. The first kappa shape index (κ1) is 13.3. The summed E-state index contributed by atoms with van der Waals surface area (Å²) in [5, 5.41) is 2.84. The second kappa shape index (κ2) is 6.18. The summed E-state index contributed by atoms with van der Waals surface area (Å²) in [6.07, 6.45) is 2.10. The Balaban J connectivity index is 1.90. The number of halogens is 2. The zero-order chi connectivity index (χ0) is 13.0. The Bertz CT molecular complexity index is 402. The lowest BCUT2D eigenvalue weighted by molar-refractivity contribution is -0.126. The largest absolute Gasteiger partial charge is 0.321 e. The fraction of sp³-hybridized carbons (Fsp3) is 0.462. The van der Waals surface area contributed by atoms with Crippen LogP contribution < -0.4 is 5.32 Å². The van der Waals surface area contributed by atoms with Crippen LogP contribution in [0.2, 0.25) is 0 Å². The van der Waals surface area contributed by atoms with E-state index < -0.39 is 12.3 Å². The normalized spacial score (nSPS) is 16.2. The molecule has 0 aliphatic heterocycles. The van der Waals surface area contributed by atoms with Gasteiger partial charge < -0.3 is 5.32 Å². The van der Waals surface area contributed by atoms with Gasteiger partial charge in [0.05, 0.1) is 0 Å². The number of thioether (sulfide) groups is 1. The number of hydrogen-bond donors (Lipinski definition) is 1. The summed E-state index contributed by atoms with van der Waals surface area (Å²) in [6, 6.07) is 7.06. The molecule has 0 saturated heterocycles. The zero-order valence-electron chi connectivity index (χ0n) is 9.86. The van der Waals surface area contributed by atoms with Crippen molar-refractivity contribution in [3.63, 3.8) is 0 Å². The molecule has 5 heteroatoms. The van der Waals surface area contributed by atoms with Crippen LogP contribution in [0.25, 0.3) is 0 Å². The lowest BCUT2D eigenvalue weighted by Crippen LogP contribution is -2.19. The Labute approximate surface area is 109 Å². The summed E-state index contributed by atoms with van der Waals surface area (Å²) in [7, 11) is 0. The molecule has 0 aromatic heterocycles. The average Bonchev–Trinajstić information content (AvgIpc) is 2.84. The average molecular weight is 271 g/mol. The maximum absolute atomic E-state index is 12.0. The van der Waals surface area contributed by atoms with Crippen molar-refractivity contribution in [1.29, 1.82) is 0 Å². The van der Waals surface area contributed by atoms with Crippen molar-refractivity contribution in [2.45, 2.75) is 42.3 Å². The standard InChI is InChI=1S/C13H15F2NOS/c14-12(15)13(17)16-9-5-7-11(8-6-9)18-10-3-1-2-4-10/h5-8,10,12H,1-4H2,(H,16,17). The molecule has 0 radical (unpaired) electrons. The van der Waals surface area contributed by atoms with Crippen LogP contribution >= 0.6 is 11.8 Å². The number of nitrogens with one attached hydrogen (secondary N) is 1. The minimum Gasteiger partial charge on any atom is -0.321 e. The molecule has 1 aromatic carbocycles. The molecule has 1 amide bonds. The molecule has 0 unspecified atom stereocenters. The number of alkyl halides is 2. The van der Waals surface area contributed by atoms with Crippen LogP contribution in [-0.4, -0.2) is 17.6 Å². The third-order valence-corrected chi connectivity index (χ3v) is 4.27. The number of rotatable bonds is 4. The van der Waals surface area contributed by atoms with Crippen molar-refractivity contribution in [1.82, 2.24) is 0 Å². The molecule has 0 atom stereocenters. The van der Waals surface area contributed by atoms with Crippen LogP contribution in [0.1, 0.15) is 25.7 Å². The van der Waals surface area contributed by atoms with Gasteiger partial charge in [0.15, 0.2) is 0 Å². The summed E-state index contributed by atoms with van der Waals surface area (Å²) >= 11 is 1.82. The van der Waals surface area contributed by atoms with E-state index in [4.69, 9.17) is 0 Å². The number of carbonyl (C=O) groups excluding carboxylic acids is 1. The highest BCUT2D eigenvalue weighted by Crippen LogP contribution is 2.34. The van der Waals surface area contributed by atoms with E-state index in [2.05, 4.69) is 5.32 Å². The SMILES string of the molecule is O=C(Nc1ccc(SC2CCCC2)cc1)C(F)F. The van der Waals surface area contributed by atoms with Gasteiger partial charge in [0.1, 0.15) is 0 Å². The summed E-state index contributed by atoms with van der Waals surface area (Å²) < 4.78 is 24.1. The van der Waals surface area contributed by atoms with Gasteiger partial charge in [-0.05, 0) is 37.1 Å². The van der Waals surface area contributed by atoms with E-state index >= 15 is 0 Å². The second-order valence-electron chi connectivity index (χ2n) is 4.34. The lowest BCUT2D eigenvalue weighted by atomic mass is 10.3. The van der Waals surface area contributed by atoms with E-state index in [0.717, 1.165) is 4.90 Å². The van der Waals surface area contributed by atoms with Gasteiger partial charge in [0, 0.05) is 15.8 Å². The molecule has 0 spiro atoms. The van der Waals surface area contributed by atoms with Crippen molar-refractivity contribution in [2.24, 2.45) is 0 Å². The molecule has 1 N–H and O–H groups in total. The first-order valence-corrected chi connectivity index (χ1v) is 6.89. The van der Waals surface area contributed by atoms with E-state index in [1.54, 1.807) is 12.1 Å². The van der Waals surface area contributed by atoms with Gasteiger partial charge >= 0.3 is 6.43 Å². The van der Waals surface area contributed by atoms with Gasteiger partial charge in [-0.25, -0.2) is 0 Å². The van der Waals surface area contributed by atoms with Crippen LogP contribution in [0.3, 0.4) is 0 Å². The van der Waals surface area contributed by atoms with Crippen LogP contribution in [0.15, 0.2) is 29.2 Å². The second-order valence-corrected chi connectivity index (χ2v) is 5.71. The van der Waals surface area contributed by atoms with Gasteiger partial charge in [-0.3, -0.25) is 4.79 Å². The Morgan fingerprint density at radius 1 is 1.22 bits per heavy atom. The van der Waals surface area contributed by atoms with E-state index in [-0.39, 0.29) is 0 Å². The maximum atomic E-state index is 12.0. The zero-order valence-corrected chi connectivity index (χ0v) is 10.7. The van der Waals surface area contributed by atoms with Crippen LogP contribution in [0, 0.1) is 0 Å². The van der Waals surface area contributed by atoms with Crippen molar-refractivity contribution < 1.29 is 13.6 Å². The van der Waals surface area contributed by atoms with Crippen molar-refractivity contribution in [3.05, 3.63) is 24.3 Å². The van der Waals surface area contributed by atoms with Crippen LogP contribution in [0.5, 0.6) is 0 Å². The highest BCUT2D eigenvalue weighted by Gasteiger charge is 2.17. The van der Waals surface area contributed by atoms with E-state index in [0.29, 0.717) is 10.9 Å². The van der Waals surface area contributed by atoms with Gasteiger partial charge in [-0.1, -0.05) is 12.8 Å². The maximum Gasteiger partial charge on any atom is 0.315 e. The van der Waals surface area contributed by atoms with Gasteiger partial charge in [-0.2, -0.15) is 8.78 Å². The quantitative estimate of drug-likeness (QED) is 0.899. The predicted octanol–water partition coefficient (Wildman–Crippen LogP) is 3.92. The van der Waals surface area contributed by atoms with E-state index in [9.17, 15) is 13.6 Å². The number of hydrogen-bond acceptors (Lipinski definition) is 2. The topological polar surface area (TPSA) is 29.1 Å². The first-order chi connectivity index (χ1) is 8.65. The summed E-state index contributed by atoms with van der Waals surface area (Å²) in [6.45, 7) is 0. The lowest BCUT2D eigenvalue weighted by Gasteiger charge is -2.09. The van der Waals surface area contributed by atoms with Crippen molar-refractivity contribution in [3.8, 4) is 0 Å². The molecule has 2 rings (SSSR count). The van der Waals surface area contributed by atoms with Crippen LogP contribution in [-0.2, 0) is 4.79 Å². The van der Waals surface area contributed by atoms with E-state index in [1.165, 1.54) is 25.7 Å². The molecule has 1 aliphatic rings. The predicted molar refractivity (Wildman–Crippen MR) is 69.2 cm³/mol. The molecule has 0 bridgehead atoms. The highest BCUT2D eigenvalue weighted by atomic mass is 32.2. The van der Waals surface area contributed by atoms with Crippen molar-refractivity contribution >= 4 is 23.4 Å². The fourth-order valence-corrected chi connectivity index (χ4v) is 3.26. The molecule has 1 fully saturated rings. The summed E-state index contributed by atoms with van der Waals surface area (Å²) in [4.78, 5) is 11.9. The van der Waals surface area contributed by atoms with E-state index in [1.807, 2.05) is 23.9 Å². The van der Waals surface area contributed by atoms with Gasteiger partial charge in [-0.15, -0.1) is 11.8 Å². The minimum absolute atomic E-state index is 0.413. The Morgan fingerprint density at radius 2 is 1.83 bits per heavy atom. The minimum atomic E-state index is -2.97. The smallest absolute Gasteiger partial charge is 0.315 e. The molecule has 1 aromatic rings. The first-order valence-electron chi connectivity index (χ1n) is 6.01. The highest BCUT2D eigenvalue weighted by molar-refractivity contribution is 8.00. The Morgan fingerprint density at radius 3 is 2.39 bits per heavy atom. The Kier molecular flexibility index (Phi) is 4.58. The molecule has 18 heavy (non-hydrogen) atoms. The monoisotopic (exact) mass is 271 g/mol. The molecule has 1 saturated carbocycles. The molecular formula is C13H15F2NOS. The van der Waals surface area contributed by atoms with Gasteiger partial charge in [0.2, 0.25) is 0 Å². The number of amides is 1. The molecule has 98 valence electrons. The van der Waals surface area contributed by atoms with Gasteiger partial charge in [0.25, 0.3) is 5.91 Å². The van der Waals surface area contributed by atoms with Crippen molar-refractivity contribution in [2.75, 3.05) is 5.32 Å².